The van der Waals surface area contributed by atoms with Crippen LogP contribution < -0.4 is 0 Å². The largest absolute Gasteiger partial charge is 0.394 e. The monoisotopic (exact) mass is 146 g/mol. The first-order valence-electron chi connectivity index (χ1n) is 3.17. The summed E-state index contributed by atoms with van der Waals surface area (Å²) in [6, 6.07) is 0. The van der Waals surface area contributed by atoms with E-state index in [1.165, 1.54) is 7.11 Å². The second kappa shape index (κ2) is 6.74. The Balaban J connectivity index is 3.16. The van der Waals surface area contributed by atoms with Gasteiger partial charge in [-0.2, -0.15) is 0 Å². The maximum Gasteiger partial charge on any atom is 0.103 e. The van der Waals surface area contributed by atoms with Crippen LogP contribution in [-0.2, 0) is 9.47 Å². The van der Waals surface area contributed by atoms with Crippen LogP contribution in [0.25, 0.3) is 0 Å². The van der Waals surface area contributed by atoms with Crippen LogP contribution in [0.3, 0.4) is 0 Å². The highest BCUT2D eigenvalue weighted by molar-refractivity contribution is 4.64. The molecule has 1 N–H and O–H groups in total. The topological polar surface area (TPSA) is 38.7 Å². The Kier molecular flexibility index (Phi) is 6.48. The minimum absolute atomic E-state index is 0.00631. The number of hydrogen-bond acceptors (Lipinski definition) is 3. The highest BCUT2D eigenvalue weighted by Crippen LogP contribution is 1.89. The number of ether oxygens (including phenoxy) is 2. The van der Waals surface area contributed by atoms with Crippen molar-refractivity contribution in [1.29, 1.82) is 0 Å². The summed E-state index contributed by atoms with van der Waals surface area (Å²) in [6.45, 7) is 4.39. The van der Waals surface area contributed by atoms with Crippen LogP contribution >= 0.6 is 0 Å². The van der Waals surface area contributed by atoms with E-state index in [-0.39, 0.29) is 12.7 Å². The molecule has 0 spiro atoms. The zero-order valence-electron chi connectivity index (χ0n) is 6.25. The van der Waals surface area contributed by atoms with E-state index < -0.39 is 0 Å². The number of rotatable bonds is 6. The van der Waals surface area contributed by atoms with Gasteiger partial charge in [-0.3, -0.25) is 0 Å². The lowest BCUT2D eigenvalue weighted by molar-refractivity contribution is -0.0132. The fraction of sp³-hybridized carbons (Fsp3) is 0.714. The van der Waals surface area contributed by atoms with E-state index in [1.54, 1.807) is 6.08 Å². The van der Waals surface area contributed by atoms with E-state index in [9.17, 15) is 0 Å². The van der Waals surface area contributed by atoms with Crippen molar-refractivity contribution in [3.8, 4) is 0 Å². The van der Waals surface area contributed by atoms with Crippen molar-refractivity contribution >= 4 is 0 Å². The summed E-state index contributed by atoms with van der Waals surface area (Å²) in [6.07, 6.45) is 1.45. The van der Waals surface area contributed by atoms with Gasteiger partial charge in [0.2, 0.25) is 0 Å². The smallest absolute Gasteiger partial charge is 0.103 e. The Labute approximate surface area is 61.3 Å². The summed E-state index contributed by atoms with van der Waals surface area (Å²) < 4.78 is 9.86. The first-order valence-corrected chi connectivity index (χ1v) is 3.17. The predicted octanol–water partition coefficient (Wildman–Crippen LogP) is 0.196. The van der Waals surface area contributed by atoms with Crippen molar-refractivity contribution in [2.24, 2.45) is 0 Å². The Bertz CT molecular complexity index is 78.9. The Morgan fingerprint density at radius 2 is 2.40 bits per heavy atom. The molecule has 10 heavy (non-hydrogen) atoms. The summed E-state index contributed by atoms with van der Waals surface area (Å²) in [5, 5.41) is 8.59. The molecule has 0 saturated carbocycles. The van der Waals surface area contributed by atoms with Crippen molar-refractivity contribution < 1.29 is 14.6 Å². The van der Waals surface area contributed by atoms with Crippen LogP contribution in [0.2, 0.25) is 0 Å². The number of aliphatic hydroxyl groups is 1. The number of hydrogen-bond donors (Lipinski definition) is 1. The predicted molar refractivity (Wildman–Crippen MR) is 38.9 cm³/mol. The van der Waals surface area contributed by atoms with E-state index in [4.69, 9.17) is 14.6 Å². The maximum absolute atomic E-state index is 8.59. The third kappa shape index (κ3) is 4.49. The fourth-order valence-corrected chi connectivity index (χ4v) is 0.478. The van der Waals surface area contributed by atoms with Crippen LogP contribution in [0.4, 0.5) is 0 Å². The van der Waals surface area contributed by atoms with Gasteiger partial charge in [-0.15, -0.1) is 6.58 Å². The minimum atomic E-state index is -0.208. The molecule has 0 saturated heterocycles. The Hall–Kier alpha value is -0.380. The SMILES string of the molecule is C=CCOCC(CO)OC. The molecule has 3 heteroatoms. The molecule has 0 aromatic rings. The van der Waals surface area contributed by atoms with Crippen molar-refractivity contribution in [2.45, 2.75) is 6.10 Å². The molecule has 0 aliphatic rings. The highest BCUT2D eigenvalue weighted by atomic mass is 16.5. The van der Waals surface area contributed by atoms with Gasteiger partial charge in [-0.1, -0.05) is 6.08 Å². The minimum Gasteiger partial charge on any atom is -0.394 e. The third-order valence-electron chi connectivity index (χ3n) is 1.08. The van der Waals surface area contributed by atoms with Crippen LogP contribution in [0.1, 0.15) is 0 Å². The van der Waals surface area contributed by atoms with Gasteiger partial charge in [0.25, 0.3) is 0 Å². The van der Waals surface area contributed by atoms with E-state index in [1.807, 2.05) is 0 Å². The molecule has 60 valence electrons. The molecule has 1 unspecified atom stereocenters. The van der Waals surface area contributed by atoms with Gasteiger partial charge in [0.15, 0.2) is 0 Å². The van der Waals surface area contributed by atoms with E-state index >= 15 is 0 Å². The first-order chi connectivity index (χ1) is 4.85. The molecule has 0 bridgehead atoms. The molecular formula is C7H14O3. The average molecular weight is 146 g/mol. The van der Waals surface area contributed by atoms with Gasteiger partial charge in [-0.25, -0.2) is 0 Å². The second-order valence-corrected chi connectivity index (χ2v) is 1.87. The van der Waals surface area contributed by atoms with E-state index in [2.05, 4.69) is 6.58 Å². The van der Waals surface area contributed by atoms with Crippen molar-refractivity contribution in [3.05, 3.63) is 12.7 Å². The molecular weight excluding hydrogens is 132 g/mol. The zero-order chi connectivity index (χ0) is 7.82. The molecule has 3 nitrogen and oxygen atoms in total. The Morgan fingerprint density at radius 3 is 2.80 bits per heavy atom. The molecule has 0 aromatic heterocycles. The lowest BCUT2D eigenvalue weighted by Gasteiger charge is -2.10. The van der Waals surface area contributed by atoms with Gasteiger partial charge in [0.05, 0.1) is 19.8 Å². The molecule has 0 amide bonds. The quantitative estimate of drug-likeness (QED) is 0.429. The lowest BCUT2D eigenvalue weighted by atomic mass is 10.4. The molecule has 0 aromatic carbocycles. The molecule has 0 fully saturated rings. The van der Waals surface area contributed by atoms with Gasteiger partial charge in [-0.05, 0) is 0 Å². The maximum atomic E-state index is 8.59. The molecule has 0 aliphatic heterocycles. The highest BCUT2D eigenvalue weighted by Gasteiger charge is 2.03. The second-order valence-electron chi connectivity index (χ2n) is 1.87. The average Bonchev–Trinajstić information content (AvgIpc) is 1.99. The van der Waals surface area contributed by atoms with E-state index in [0.29, 0.717) is 13.2 Å². The van der Waals surface area contributed by atoms with E-state index in [0.717, 1.165) is 0 Å². The summed E-state index contributed by atoms with van der Waals surface area (Å²) in [7, 11) is 1.54. The van der Waals surface area contributed by atoms with Crippen LogP contribution in [0.15, 0.2) is 12.7 Å². The first kappa shape index (κ1) is 9.62. The van der Waals surface area contributed by atoms with Gasteiger partial charge < -0.3 is 14.6 Å². The fourth-order valence-electron chi connectivity index (χ4n) is 0.478. The molecule has 0 radical (unpaired) electrons. The summed E-state index contributed by atoms with van der Waals surface area (Å²) >= 11 is 0. The van der Waals surface area contributed by atoms with Crippen molar-refractivity contribution in [3.63, 3.8) is 0 Å². The molecule has 0 heterocycles. The number of methoxy groups -OCH3 is 1. The van der Waals surface area contributed by atoms with Gasteiger partial charge in [0, 0.05) is 7.11 Å². The van der Waals surface area contributed by atoms with Crippen LogP contribution in [0, 0.1) is 0 Å². The standard InChI is InChI=1S/C7H14O3/c1-3-4-10-6-7(5-8)9-2/h3,7-8H,1,4-6H2,2H3. The molecule has 0 rings (SSSR count). The van der Waals surface area contributed by atoms with Crippen LogP contribution in [-0.4, -0.2) is 38.1 Å². The summed E-state index contributed by atoms with van der Waals surface area (Å²) in [5.41, 5.74) is 0. The number of aliphatic hydroxyl groups excluding tert-OH is 1. The summed E-state index contributed by atoms with van der Waals surface area (Å²) in [4.78, 5) is 0. The van der Waals surface area contributed by atoms with Gasteiger partial charge in [0.1, 0.15) is 6.10 Å². The van der Waals surface area contributed by atoms with Gasteiger partial charge >= 0.3 is 0 Å². The van der Waals surface area contributed by atoms with Crippen molar-refractivity contribution in [1.82, 2.24) is 0 Å². The summed E-state index contributed by atoms with van der Waals surface area (Å²) in [5.74, 6) is 0. The molecule has 0 aliphatic carbocycles. The lowest BCUT2D eigenvalue weighted by Crippen LogP contribution is -2.22. The van der Waals surface area contributed by atoms with Crippen molar-refractivity contribution in [2.75, 3.05) is 26.9 Å². The normalized spacial score (nSPS) is 13.0. The Morgan fingerprint density at radius 1 is 1.70 bits per heavy atom. The molecule has 1 atom stereocenters. The zero-order valence-corrected chi connectivity index (χ0v) is 6.25. The van der Waals surface area contributed by atoms with Crippen LogP contribution in [0.5, 0.6) is 0 Å². The third-order valence-corrected chi connectivity index (χ3v) is 1.08.